The molecule has 9 heteroatoms. The number of hydrogen-bond donors (Lipinski definition) is 2. The van der Waals surface area contributed by atoms with Gasteiger partial charge in [0.25, 0.3) is 5.91 Å². The van der Waals surface area contributed by atoms with Crippen molar-refractivity contribution in [1.29, 1.82) is 0 Å². The second-order valence-corrected chi connectivity index (χ2v) is 5.86. The van der Waals surface area contributed by atoms with Crippen LogP contribution in [0.4, 0.5) is 5.69 Å². The maximum Gasteiger partial charge on any atom is 0.338 e. The molecule has 0 aliphatic rings. The molecule has 0 aliphatic carbocycles. The summed E-state index contributed by atoms with van der Waals surface area (Å²) >= 11 is 0. The lowest BCUT2D eigenvalue weighted by molar-refractivity contribution is -0.148. The van der Waals surface area contributed by atoms with Gasteiger partial charge >= 0.3 is 11.9 Å². The van der Waals surface area contributed by atoms with Crippen molar-refractivity contribution in [3.63, 3.8) is 0 Å². The quantitative estimate of drug-likeness (QED) is 0.583. The number of nitrogens with one attached hydrogen (secondary N) is 2. The fourth-order valence-corrected chi connectivity index (χ4v) is 2.22. The molecule has 0 unspecified atom stereocenters. The van der Waals surface area contributed by atoms with Crippen LogP contribution in [0.5, 0.6) is 0 Å². The molecule has 0 atom stereocenters. The summed E-state index contributed by atoms with van der Waals surface area (Å²) in [5.41, 5.74) is 0.804. The lowest BCUT2D eigenvalue weighted by Crippen LogP contribution is -2.24. The summed E-state index contributed by atoms with van der Waals surface area (Å²) in [4.78, 5) is 46.7. The standard InChI is InChI=1S/C20H22N2O7/c1-2-27-20(26)14-5-7-15(8-6-14)22-18(24)13-29-19(25)10-9-17(23)21-12-16-4-3-11-28-16/h3-8,11H,2,9-10,12-13H2,1H3,(H,21,23)(H,22,24). The number of carbonyl (C=O) groups is 4. The number of esters is 2. The minimum atomic E-state index is -0.661. The summed E-state index contributed by atoms with van der Waals surface area (Å²) in [5, 5.41) is 5.14. The maximum atomic E-state index is 11.8. The van der Waals surface area contributed by atoms with E-state index < -0.39 is 24.5 Å². The van der Waals surface area contributed by atoms with Crippen LogP contribution in [-0.2, 0) is 30.4 Å². The monoisotopic (exact) mass is 402 g/mol. The van der Waals surface area contributed by atoms with Crippen LogP contribution in [0.3, 0.4) is 0 Å². The zero-order valence-corrected chi connectivity index (χ0v) is 15.9. The summed E-state index contributed by atoms with van der Waals surface area (Å²) < 4.78 is 14.8. The third-order valence-electron chi connectivity index (χ3n) is 3.64. The van der Waals surface area contributed by atoms with Gasteiger partial charge in [-0.15, -0.1) is 0 Å². The van der Waals surface area contributed by atoms with E-state index in [9.17, 15) is 19.2 Å². The highest BCUT2D eigenvalue weighted by molar-refractivity contribution is 5.94. The molecule has 1 heterocycles. The van der Waals surface area contributed by atoms with E-state index in [1.165, 1.54) is 30.5 Å². The SMILES string of the molecule is CCOC(=O)c1ccc(NC(=O)COC(=O)CCC(=O)NCc2ccco2)cc1. The molecule has 0 radical (unpaired) electrons. The highest BCUT2D eigenvalue weighted by Crippen LogP contribution is 2.10. The van der Waals surface area contributed by atoms with Crippen LogP contribution >= 0.6 is 0 Å². The summed E-state index contributed by atoms with van der Waals surface area (Å²) in [6.45, 7) is 1.74. The summed E-state index contributed by atoms with van der Waals surface area (Å²) in [6, 6.07) is 9.53. The molecule has 0 bridgehead atoms. The summed E-state index contributed by atoms with van der Waals surface area (Å²) in [6.07, 6.45) is 1.29. The highest BCUT2D eigenvalue weighted by atomic mass is 16.5. The molecule has 29 heavy (non-hydrogen) atoms. The molecule has 0 aliphatic heterocycles. The van der Waals surface area contributed by atoms with Crippen LogP contribution < -0.4 is 10.6 Å². The first-order valence-electron chi connectivity index (χ1n) is 8.99. The maximum absolute atomic E-state index is 11.8. The topological polar surface area (TPSA) is 124 Å². The van der Waals surface area contributed by atoms with Gasteiger partial charge in [0.05, 0.1) is 31.4 Å². The van der Waals surface area contributed by atoms with Gasteiger partial charge in [0.2, 0.25) is 5.91 Å². The van der Waals surface area contributed by atoms with Crippen LogP contribution in [-0.4, -0.2) is 37.0 Å². The lowest BCUT2D eigenvalue weighted by atomic mass is 10.2. The second kappa shape index (κ2) is 11.3. The third-order valence-corrected chi connectivity index (χ3v) is 3.64. The van der Waals surface area contributed by atoms with Crippen molar-refractivity contribution in [1.82, 2.24) is 5.32 Å². The molecule has 0 spiro atoms. The number of ether oxygens (including phenoxy) is 2. The van der Waals surface area contributed by atoms with Gasteiger partial charge in [0.15, 0.2) is 6.61 Å². The van der Waals surface area contributed by atoms with E-state index in [1.807, 2.05) is 0 Å². The van der Waals surface area contributed by atoms with E-state index in [0.29, 0.717) is 17.0 Å². The van der Waals surface area contributed by atoms with Crippen molar-refractivity contribution in [2.24, 2.45) is 0 Å². The minimum absolute atomic E-state index is 0.0590. The zero-order valence-electron chi connectivity index (χ0n) is 15.9. The van der Waals surface area contributed by atoms with Gasteiger partial charge in [-0.2, -0.15) is 0 Å². The van der Waals surface area contributed by atoms with Crippen LogP contribution in [0, 0.1) is 0 Å². The van der Waals surface area contributed by atoms with Gasteiger partial charge in [-0.3, -0.25) is 14.4 Å². The Morgan fingerprint density at radius 3 is 2.38 bits per heavy atom. The van der Waals surface area contributed by atoms with Gasteiger partial charge in [-0.05, 0) is 43.3 Å². The Hall–Kier alpha value is -3.62. The van der Waals surface area contributed by atoms with Crippen molar-refractivity contribution in [3.05, 3.63) is 54.0 Å². The molecular formula is C20H22N2O7. The number of anilines is 1. The molecule has 2 amide bonds. The van der Waals surface area contributed by atoms with E-state index >= 15 is 0 Å². The summed E-state index contributed by atoms with van der Waals surface area (Å²) in [7, 11) is 0. The molecule has 1 aromatic carbocycles. The number of carbonyl (C=O) groups excluding carboxylic acids is 4. The van der Waals surface area contributed by atoms with E-state index in [-0.39, 0.29) is 31.9 Å². The van der Waals surface area contributed by atoms with Crippen LogP contribution in [0.1, 0.15) is 35.9 Å². The number of benzene rings is 1. The predicted molar refractivity (Wildman–Crippen MR) is 102 cm³/mol. The smallest absolute Gasteiger partial charge is 0.338 e. The Balaban J connectivity index is 1.64. The minimum Gasteiger partial charge on any atom is -0.467 e. The normalized spacial score (nSPS) is 10.1. The van der Waals surface area contributed by atoms with Gasteiger partial charge in [-0.1, -0.05) is 0 Å². The first kappa shape index (κ1) is 21.7. The Morgan fingerprint density at radius 1 is 0.966 bits per heavy atom. The van der Waals surface area contributed by atoms with E-state index in [2.05, 4.69) is 10.6 Å². The van der Waals surface area contributed by atoms with E-state index in [4.69, 9.17) is 13.9 Å². The van der Waals surface area contributed by atoms with Gasteiger partial charge in [-0.25, -0.2) is 4.79 Å². The Bertz CT molecular complexity index is 829. The Labute approximate surface area is 167 Å². The average molecular weight is 402 g/mol. The molecule has 0 fully saturated rings. The van der Waals surface area contributed by atoms with Crippen LogP contribution in [0.25, 0.3) is 0 Å². The van der Waals surface area contributed by atoms with Crippen molar-refractivity contribution < 1.29 is 33.1 Å². The predicted octanol–water partition coefficient (Wildman–Crippen LogP) is 2.03. The number of amides is 2. The van der Waals surface area contributed by atoms with Crippen molar-refractivity contribution in [2.45, 2.75) is 26.3 Å². The first-order valence-corrected chi connectivity index (χ1v) is 8.99. The van der Waals surface area contributed by atoms with Gasteiger partial charge < -0.3 is 24.5 Å². The first-order chi connectivity index (χ1) is 14.0. The fraction of sp³-hybridized carbons (Fsp3) is 0.300. The molecule has 2 aromatic rings. The van der Waals surface area contributed by atoms with Crippen LogP contribution in [0.15, 0.2) is 47.1 Å². The summed E-state index contributed by atoms with van der Waals surface area (Å²) in [5.74, 6) is -1.37. The number of furan rings is 1. The fourth-order valence-electron chi connectivity index (χ4n) is 2.22. The molecule has 2 rings (SSSR count). The number of hydrogen-bond acceptors (Lipinski definition) is 7. The molecule has 154 valence electrons. The van der Waals surface area contributed by atoms with Gasteiger partial charge in [0, 0.05) is 12.1 Å². The number of rotatable bonds is 10. The van der Waals surface area contributed by atoms with E-state index in [0.717, 1.165) is 0 Å². The van der Waals surface area contributed by atoms with E-state index in [1.54, 1.807) is 19.1 Å². The highest BCUT2D eigenvalue weighted by Gasteiger charge is 2.12. The van der Waals surface area contributed by atoms with Crippen LogP contribution in [0.2, 0.25) is 0 Å². The largest absolute Gasteiger partial charge is 0.467 e. The van der Waals surface area contributed by atoms with Crippen molar-refractivity contribution in [2.75, 3.05) is 18.5 Å². The third kappa shape index (κ3) is 7.87. The van der Waals surface area contributed by atoms with Crippen molar-refractivity contribution >= 4 is 29.4 Å². The Kier molecular flexibility index (Phi) is 8.43. The molecule has 0 saturated heterocycles. The molecule has 0 saturated carbocycles. The molecular weight excluding hydrogens is 380 g/mol. The lowest BCUT2D eigenvalue weighted by Gasteiger charge is -2.08. The molecule has 2 N–H and O–H groups in total. The molecule has 9 nitrogen and oxygen atoms in total. The second-order valence-electron chi connectivity index (χ2n) is 5.86. The zero-order chi connectivity index (χ0) is 21.1. The average Bonchev–Trinajstić information content (AvgIpc) is 3.23. The Morgan fingerprint density at radius 2 is 1.72 bits per heavy atom. The van der Waals surface area contributed by atoms with Gasteiger partial charge in [0.1, 0.15) is 5.76 Å². The molecule has 1 aromatic heterocycles. The van der Waals surface area contributed by atoms with Crippen molar-refractivity contribution in [3.8, 4) is 0 Å².